The van der Waals surface area contributed by atoms with Crippen LogP contribution in [0.15, 0.2) is 48.5 Å². The highest BCUT2D eigenvalue weighted by Gasteiger charge is 2.08. The molecule has 3 heteroatoms. The summed E-state index contributed by atoms with van der Waals surface area (Å²) < 4.78 is 11.7. The van der Waals surface area contributed by atoms with E-state index in [1.165, 1.54) is 6.42 Å². The Morgan fingerprint density at radius 1 is 1.00 bits per heavy atom. The molecule has 3 nitrogen and oxygen atoms in total. The van der Waals surface area contributed by atoms with E-state index in [1.807, 2.05) is 43.3 Å². The molecule has 0 radical (unpaired) electrons. The highest BCUT2D eigenvalue weighted by atomic mass is 16.5. The zero-order chi connectivity index (χ0) is 18.1. The minimum Gasteiger partial charge on any atom is -0.493 e. The van der Waals surface area contributed by atoms with Crippen LogP contribution >= 0.6 is 0 Å². The van der Waals surface area contributed by atoms with Crippen molar-refractivity contribution in [1.82, 2.24) is 0 Å². The van der Waals surface area contributed by atoms with Gasteiger partial charge >= 0.3 is 0 Å². The van der Waals surface area contributed by atoms with Gasteiger partial charge in [0.05, 0.1) is 12.7 Å². The number of ether oxygens (including phenoxy) is 2. The van der Waals surface area contributed by atoms with Crippen molar-refractivity contribution in [3.05, 3.63) is 48.5 Å². The summed E-state index contributed by atoms with van der Waals surface area (Å²) in [4.78, 5) is 0. The van der Waals surface area contributed by atoms with Crippen LogP contribution < -0.4 is 9.47 Å². The SMILES string of the molecule is CCC(O)COc1cccc(-c2ccccc2OCCCC(C)C)c1. The fourth-order valence-electron chi connectivity index (χ4n) is 2.57. The maximum atomic E-state index is 9.66. The van der Waals surface area contributed by atoms with Crippen molar-refractivity contribution >= 4 is 0 Å². The summed E-state index contributed by atoms with van der Waals surface area (Å²) in [5.41, 5.74) is 2.12. The van der Waals surface area contributed by atoms with Gasteiger partial charge in [-0.25, -0.2) is 0 Å². The minimum atomic E-state index is -0.430. The van der Waals surface area contributed by atoms with Crippen molar-refractivity contribution in [3.63, 3.8) is 0 Å². The molecule has 0 amide bonds. The molecule has 2 aromatic carbocycles. The molecular weight excluding hydrogens is 312 g/mol. The first-order valence-electron chi connectivity index (χ1n) is 9.23. The van der Waals surface area contributed by atoms with Crippen LogP contribution in [-0.4, -0.2) is 24.4 Å². The molecule has 1 N–H and O–H groups in total. The van der Waals surface area contributed by atoms with E-state index >= 15 is 0 Å². The van der Waals surface area contributed by atoms with Crippen LogP contribution in [0.3, 0.4) is 0 Å². The van der Waals surface area contributed by atoms with Gasteiger partial charge in [0.15, 0.2) is 0 Å². The Morgan fingerprint density at radius 2 is 1.80 bits per heavy atom. The largest absolute Gasteiger partial charge is 0.493 e. The molecule has 0 aromatic heterocycles. The summed E-state index contributed by atoms with van der Waals surface area (Å²) >= 11 is 0. The van der Waals surface area contributed by atoms with Crippen LogP contribution in [0.4, 0.5) is 0 Å². The Morgan fingerprint density at radius 3 is 2.56 bits per heavy atom. The van der Waals surface area contributed by atoms with E-state index in [1.54, 1.807) is 0 Å². The zero-order valence-corrected chi connectivity index (χ0v) is 15.6. The van der Waals surface area contributed by atoms with Gasteiger partial charge < -0.3 is 14.6 Å². The molecule has 0 heterocycles. The van der Waals surface area contributed by atoms with Crippen molar-refractivity contribution < 1.29 is 14.6 Å². The van der Waals surface area contributed by atoms with Gasteiger partial charge in [0.1, 0.15) is 18.1 Å². The Bertz CT molecular complexity index is 637. The third-order valence-corrected chi connectivity index (χ3v) is 4.13. The van der Waals surface area contributed by atoms with E-state index in [-0.39, 0.29) is 0 Å². The summed E-state index contributed by atoms with van der Waals surface area (Å²) in [5.74, 6) is 2.36. The maximum Gasteiger partial charge on any atom is 0.127 e. The third-order valence-electron chi connectivity index (χ3n) is 4.13. The highest BCUT2D eigenvalue weighted by Crippen LogP contribution is 2.32. The molecule has 0 aliphatic carbocycles. The molecule has 0 spiro atoms. The minimum absolute atomic E-state index is 0.313. The standard InChI is InChI=1S/C22H30O3/c1-4-19(23)16-25-20-11-7-10-18(15-20)21-12-5-6-13-22(21)24-14-8-9-17(2)3/h5-7,10-13,15,17,19,23H,4,8-9,14,16H2,1-3H3. The topological polar surface area (TPSA) is 38.7 Å². The Hall–Kier alpha value is -2.00. The monoisotopic (exact) mass is 342 g/mol. The summed E-state index contributed by atoms with van der Waals surface area (Å²) in [6, 6.07) is 16.0. The Balaban J connectivity index is 2.07. The molecule has 0 bridgehead atoms. The molecule has 2 aromatic rings. The summed E-state index contributed by atoms with van der Waals surface area (Å²) in [5, 5.41) is 9.66. The van der Waals surface area contributed by atoms with E-state index in [0.29, 0.717) is 18.9 Å². The van der Waals surface area contributed by atoms with E-state index in [2.05, 4.69) is 26.0 Å². The van der Waals surface area contributed by atoms with E-state index in [4.69, 9.17) is 9.47 Å². The van der Waals surface area contributed by atoms with Gasteiger partial charge in [-0.1, -0.05) is 51.1 Å². The number of para-hydroxylation sites is 1. The summed E-state index contributed by atoms with van der Waals surface area (Å²) in [6.45, 7) is 7.45. The molecule has 0 fully saturated rings. The lowest BCUT2D eigenvalue weighted by Gasteiger charge is -2.14. The van der Waals surface area contributed by atoms with Crippen LogP contribution in [0, 0.1) is 5.92 Å². The van der Waals surface area contributed by atoms with Crippen molar-refractivity contribution in [1.29, 1.82) is 0 Å². The number of benzene rings is 2. The lowest BCUT2D eigenvalue weighted by atomic mass is 10.0. The molecule has 1 unspecified atom stereocenters. The van der Waals surface area contributed by atoms with Crippen molar-refractivity contribution in [2.75, 3.05) is 13.2 Å². The number of hydrogen-bond acceptors (Lipinski definition) is 3. The summed E-state index contributed by atoms with van der Waals surface area (Å²) in [7, 11) is 0. The van der Waals surface area contributed by atoms with Crippen LogP contribution in [0.25, 0.3) is 11.1 Å². The first kappa shape index (κ1) is 19.3. The van der Waals surface area contributed by atoms with Crippen LogP contribution in [-0.2, 0) is 0 Å². The lowest BCUT2D eigenvalue weighted by Crippen LogP contribution is -2.15. The molecule has 0 aliphatic heterocycles. The van der Waals surface area contributed by atoms with Crippen LogP contribution in [0.2, 0.25) is 0 Å². The second-order valence-electron chi connectivity index (χ2n) is 6.78. The number of rotatable bonds is 10. The first-order valence-corrected chi connectivity index (χ1v) is 9.23. The van der Waals surface area contributed by atoms with E-state index < -0.39 is 6.10 Å². The number of aliphatic hydroxyl groups is 1. The molecule has 1 atom stereocenters. The average molecular weight is 342 g/mol. The van der Waals surface area contributed by atoms with Gasteiger partial charge in [-0.05, 0) is 48.9 Å². The highest BCUT2D eigenvalue weighted by molar-refractivity contribution is 5.71. The molecule has 2 rings (SSSR count). The maximum absolute atomic E-state index is 9.66. The molecular formula is C22H30O3. The normalized spacial score (nSPS) is 12.2. The molecule has 0 aliphatic rings. The molecule has 0 saturated carbocycles. The van der Waals surface area contributed by atoms with E-state index in [9.17, 15) is 5.11 Å². The predicted octanol–water partition coefficient (Wildman–Crippen LogP) is 5.32. The average Bonchev–Trinajstić information content (AvgIpc) is 2.63. The van der Waals surface area contributed by atoms with Gasteiger partial charge in [-0.3, -0.25) is 0 Å². The summed E-state index contributed by atoms with van der Waals surface area (Å²) in [6.07, 6.45) is 2.49. The zero-order valence-electron chi connectivity index (χ0n) is 15.6. The van der Waals surface area contributed by atoms with Gasteiger partial charge in [0.2, 0.25) is 0 Å². The lowest BCUT2D eigenvalue weighted by molar-refractivity contribution is 0.104. The predicted molar refractivity (Wildman–Crippen MR) is 103 cm³/mol. The van der Waals surface area contributed by atoms with Gasteiger partial charge in [0, 0.05) is 5.56 Å². The Labute approximate surface area is 151 Å². The van der Waals surface area contributed by atoms with Gasteiger partial charge in [0.25, 0.3) is 0 Å². The smallest absolute Gasteiger partial charge is 0.127 e. The number of hydrogen-bond donors (Lipinski definition) is 1. The van der Waals surface area contributed by atoms with Gasteiger partial charge in [-0.15, -0.1) is 0 Å². The molecule has 136 valence electrons. The van der Waals surface area contributed by atoms with Crippen molar-refractivity contribution in [2.45, 2.75) is 46.1 Å². The van der Waals surface area contributed by atoms with Crippen LogP contribution in [0.5, 0.6) is 11.5 Å². The third kappa shape index (κ3) is 6.43. The molecule has 25 heavy (non-hydrogen) atoms. The van der Waals surface area contributed by atoms with Gasteiger partial charge in [-0.2, -0.15) is 0 Å². The van der Waals surface area contributed by atoms with Crippen molar-refractivity contribution in [3.8, 4) is 22.6 Å². The fraction of sp³-hybridized carbons (Fsp3) is 0.455. The van der Waals surface area contributed by atoms with Crippen LogP contribution in [0.1, 0.15) is 40.0 Å². The fourth-order valence-corrected chi connectivity index (χ4v) is 2.57. The molecule has 0 saturated heterocycles. The van der Waals surface area contributed by atoms with E-state index in [0.717, 1.165) is 35.7 Å². The second kappa shape index (κ2) is 10.1. The number of aliphatic hydroxyl groups excluding tert-OH is 1. The second-order valence-corrected chi connectivity index (χ2v) is 6.78. The first-order chi connectivity index (χ1) is 12.1. The Kier molecular flexibility index (Phi) is 7.80. The quantitative estimate of drug-likeness (QED) is 0.594. The van der Waals surface area contributed by atoms with Crippen molar-refractivity contribution in [2.24, 2.45) is 5.92 Å².